The average Bonchev–Trinajstić information content (AvgIpc) is 2.77. The number of unbranched alkanes of at least 4 members (excludes halogenated alkanes) is 1. The van der Waals surface area contributed by atoms with E-state index in [9.17, 15) is 22.0 Å². The van der Waals surface area contributed by atoms with Gasteiger partial charge in [-0.05, 0) is 66.3 Å². The van der Waals surface area contributed by atoms with Crippen LogP contribution >= 0.6 is 0 Å². The SMILES string of the molecule is CCCCC1CCC(c2ccc(COC(F)(F)Cc3ccc(OC(F)(F)F)cc3)cc2)CC1. The van der Waals surface area contributed by atoms with Crippen LogP contribution in [0.1, 0.15) is 74.5 Å². The molecule has 0 atom stereocenters. The van der Waals surface area contributed by atoms with E-state index >= 15 is 0 Å². The number of hydrogen-bond donors (Lipinski definition) is 0. The first-order valence-electron chi connectivity index (χ1n) is 11.6. The Kier molecular flexibility index (Phi) is 8.74. The molecule has 0 radical (unpaired) electrons. The zero-order valence-corrected chi connectivity index (χ0v) is 18.8. The summed E-state index contributed by atoms with van der Waals surface area (Å²) in [6.45, 7) is 1.98. The van der Waals surface area contributed by atoms with Crippen LogP contribution in [0.2, 0.25) is 0 Å². The van der Waals surface area contributed by atoms with Crippen molar-refractivity contribution in [1.82, 2.24) is 0 Å². The predicted octanol–water partition coefficient (Wildman–Crippen LogP) is 8.40. The minimum absolute atomic E-state index is 0.152. The molecule has 2 aromatic rings. The van der Waals surface area contributed by atoms with Gasteiger partial charge < -0.3 is 9.47 Å². The molecule has 0 bridgehead atoms. The summed E-state index contributed by atoms with van der Waals surface area (Å²) in [5.41, 5.74) is 2.06. The standard InChI is InChI=1S/C26H31F5O2/c1-2-3-4-19-5-11-22(12-6-19)23-13-7-21(8-14-23)18-32-25(27,28)17-20-9-15-24(16-10-20)33-26(29,30)31/h7-10,13-16,19,22H,2-6,11-12,17-18H2,1H3. The van der Waals surface area contributed by atoms with Crippen LogP contribution in [0.5, 0.6) is 5.75 Å². The minimum atomic E-state index is -4.82. The Morgan fingerprint density at radius 2 is 1.42 bits per heavy atom. The third-order valence-corrected chi connectivity index (χ3v) is 6.28. The second kappa shape index (κ2) is 11.3. The van der Waals surface area contributed by atoms with E-state index in [1.54, 1.807) is 0 Å². The summed E-state index contributed by atoms with van der Waals surface area (Å²) in [6.07, 6.45) is -0.281. The molecule has 0 heterocycles. The number of halogens is 5. The average molecular weight is 471 g/mol. The van der Waals surface area contributed by atoms with Gasteiger partial charge in [0.05, 0.1) is 13.0 Å². The molecule has 3 rings (SSSR count). The second-order valence-corrected chi connectivity index (χ2v) is 8.90. The van der Waals surface area contributed by atoms with E-state index in [1.165, 1.54) is 62.6 Å². The van der Waals surface area contributed by atoms with Crippen molar-refractivity contribution in [3.05, 3.63) is 65.2 Å². The Morgan fingerprint density at radius 3 is 2.00 bits per heavy atom. The van der Waals surface area contributed by atoms with Crippen LogP contribution in [0, 0.1) is 5.92 Å². The molecule has 2 nitrogen and oxygen atoms in total. The molecule has 182 valence electrons. The third kappa shape index (κ3) is 8.61. The summed E-state index contributed by atoms with van der Waals surface area (Å²) in [5.74, 6) is 0.915. The largest absolute Gasteiger partial charge is 0.573 e. The molecular weight excluding hydrogens is 439 g/mol. The van der Waals surface area contributed by atoms with Crippen molar-refractivity contribution in [3.8, 4) is 5.75 Å². The van der Waals surface area contributed by atoms with Crippen molar-refractivity contribution in [2.24, 2.45) is 5.92 Å². The predicted molar refractivity (Wildman–Crippen MR) is 117 cm³/mol. The van der Waals surface area contributed by atoms with E-state index in [2.05, 4.69) is 11.7 Å². The van der Waals surface area contributed by atoms with Crippen molar-refractivity contribution in [2.45, 2.75) is 83.3 Å². The first-order valence-corrected chi connectivity index (χ1v) is 11.6. The molecule has 0 N–H and O–H groups in total. The lowest BCUT2D eigenvalue weighted by Crippen LogP contribution is -2.24. The zero-order valence-electron chi connectivity index (χ0n) is 18.8. The molecule has 1 aliphatic carbocycles. The van der Waals surface area contributed by atoms with Crippen molar-refractivity contribution >= 4 is 0 Å². The molecule has 0 amide bonds. The van der Waals surface area contributed by atoms with Gasteiger partial charge in [0.1, 0.15) is 5.75 Å². The number of alkyl halides is 5. The summed E-state index contributed by atoms with van der Waals surface area (Å²) in [6, 6.07) is 12.0. The molecule has 1 saturated carbocycles. The van der Waals surface area contributed by atoms with E-state index in [1.807, 2.05) is 24.3 Å². The van der Waals surface area contributed by atoms with E-state index in [-0.39, 0.29) is 12.2 Å². The molecule has 1 aliphatic rings. The molecule has 0 unspecified atom stereocenters. The van der Waals surface area contributed by atoms with Crippen molar-refractivity contribution < 1.29 is 31.4 Å². The van der Waals surface area contributed by atoms with Gasteiger partial charge >= 0.3 is 12.5 Å². The lowest BCUT2D eigenvalue weighted by molar-refractivity contribution is -0.274. The zero-order chi connectivity index (χ0) is 23.9. The van der Waals surface area contributed by atoms with Crippen LogP contribution in [0.15, 0.2) is 48.5 Å². The second-order valence-electron chi connectivity index (χ2n) is 8.90. The van der Waals surface area contributed by atoms with E-state index in [0.29, 0.717) is 11.5 Å². The molecule has 2 aromatic carbocycles. The maximum atomic E-state index is 14.2. The fourth-order valence-corrected chi connectivity index (χ4v) is 4.45. The van der Waals surface area contributed by atoms with Crippen LogP contribution < -0.4 is 4.74 Å². The maximum Gasteiger partial charge on any atom is 0.573 e. The Hall–Kier alpha value is -2.15. The third-order valence-electron chi connectivity index (χ3n) is 6.28. The summed E-state index contributed by atoms with van der Waals surface area (Å²) in [4.78, 5) is 0. The summed E-state index contributed by atoms with van der Waals surface area (Å²) in [7, 11) is 0. The summed E-state index contributed by atoms with van der Waals surface area (Å²) in [5, 5.41) is 0. The highest BCUT2D eigenvalue weighted by atomic mass is 19.4. The lowest BCUT2D eigenvalue weighted by Gasteiger charge is -2.29. The lowest BCUT2D eigenvalue weighted by atomic mass is 9.77. The highest BCUT2D eigenvalue weighted by Gasteiger charge is 2.32. The highest BCUT2D eigenvalue weighted by Crippen LogP contribution is 2.38. The van der Waals surface area contributed by atoms with Gasteiger partial charge in [0.25, 0.3) is 0 Å². The van der Waals surface area contributed by atoms with Crippen molar-refractivity contribution in [1.29, 1.82) is 0 Å². The van der Waals surface area contributed by atoms with Crippen LogP contribution in [0.4, 0.5) is 22.0 Å². The molecule has 7 heteroatoms. The first-order chi connectivity index (χ1) is 15.6. The number of rotatable bonds is 10. The van der Waals surface area contributed by atoms with Gasteiger partial charge in [0.15, 0.2) is 0 Å². The van der Waals surface area contributed by atoms with Crippen LogP contribution in [0.3, 0.4) is 0 Å². The quantitative estimate of drug-likeness (QED) is 0.325. The number of ether oxygens (including phenoxy) is 2. The van der Waals surface area contributed by atoms with Gasteiger partial charge in [0.2, 0.25) is 0 Å². The molecule has 1 fully saturated rings. The first kappa shape index (κ1) is 25.5. The maximum absolute atomic E-state index is 14.2. The van der Waals surface area contributed by atoms with Gasteiger partial charge in [0, 0.05) is 0 Å². The molecule has 0 aliphatic heterocycles. The van der Waals surface area contributed by atoms with Crippen molar-refractivity contribution in [3.63, 3.8) is 0 Å². The van der Waals surface area contributed by atoms with E-state index < -0.39 is 24.6 Å². The fraction of sp³-hybridized carbons (Fsp3) is 0.538. The Labute approximate surface area is 192 Å². The van der Waals surface area contributed by atoms with Gasteiger partial charge in [-0.3, -0.25) is 0 Å². The summed E-state index contributed by atoms with van der Waals surface area (Å²) >= 11 is 0. The van der Waals surface area contributed by atoms with Gasteiger partial charge in [-0.1, -0.05) is 62.6 Å². The van der Waals surface area contributed by atoms with Gasteiger partial charge in [-0.2, -0.15) is 8.78 Å². The fourth-order valence-electron chi connectivity index (χ4n) is 4.45. The highest BCUT2D eigenvalue weighted by molar-refractivity contribution is 5.28. The molecule has 33 heavy (non-hydrogen) atoms. The van der Waals surface area contributed by atoms with E-state index in [0.717, 1.165) is 18.1 Å². The minimum Gasteiger partial charge on any atom is -0.406 e. The molecular formula is C26H31F5O2. The van der Waals surface area contributed by atoms with Crippen LogP contribution in [0.25, 0.3) is 0 Å². The topological polar surface area (TPSA) is 18.5 Å². The number of benzene rings is 2. The monoisotopic (exact) mass is 470 g/mol. The Morgan fingerprint density at radius 1 is 0.818 bits per heavy atom. The Balaban J connectivity index is 1.46. The smallest absolute Gasteiger partial charge is 0.406 e. The molecule has 0 spiro atoms. The van der Waals surface area contributed by atoms with Crippen LogP contribution in [-0.4, -0.2) is 12.5 Å². The summed E-state index contributed by atoms with van der Waals surface area (Å²) < 4.78 is 73.6. The normalized spacial score (nSPS) is 19.5. The van der Waals surface area contributed by atoms with Crippen LogP contribution in [-0.2, 0) is 17.8 Å². The van der Waals surface area contributed by atoms with Gasteiger partial charge in [-0.25, -0.2) is 0 Å². The number of hydrogen-bond acceptors (Lipinski definition) is 2. The molecule has 0 saturated heterocycles. The molecule has 0 aromatic heterocycles. The van der Waals surface area contributed by atoms with Gasteiger partial charge in [-0.15, -0.1) is 13.2 Å². The van der Waals surface area contributed by atoms with Crippen molar-refractivity contribution in [2.75, 3.05) is 0 Å². The van der Waals surface area contributed by atoms with E-state index in [4.69, 9.17) is 4.74 Å². The Bertz CT molecular complexity index is 838.